The first kappa shape index (κ1) is 26.3. The lowest BCUT2D eigenvalue weighted by Gasteiger charge is -2.27. The minimum absolute atomic E-state index is 0.0803. The molecule has 37 heavy (non-hydrogen) atoms. The Morgan fingerprint density at radius 1 is 1.08 bits per heavy atom. The fraction of sp³-hybridized carbons (Fsp3) is 0.321. The number of carboxylic acid groups (broad SMARTS) is 1. The van der Waals surface area contributed by atoms with Crippen molar-refractivity contribution in [2.75, 3.05) is 6.79 Å². The van der Waals surface area contributed by atoms with E-state index in [-0.39, 0.29) is 24.7 Å². The summed E-state index contributed by atoms with van der Waals surface area (Å²) in [6.07, 6.45) is 1.65. The molecule has 0 bridgehead atoms. The van der Waals surface area contributed by atoms with E-state index in [2.05, 4.69) is 5.32 Å². The van der Waals surface area contributed by atoms with Crippen molar-refractivity contribution in [1.29, 1.82) is 0 Å². The zero-order valence-corrected chi connectivity index (χ0v) is 21.6. The highest BCUT2D eigenvalue weighted by Gasteiger charge is 2.30. The molecule has 2 heterocycles. The predicted molar refractivity (Wildman–Crippen MR) is 139 cm³/mol. The summed E-state index contributed by atoms with van der Waals surface area (Å²) >= 11 is 6.32. The van der Waals surface area contributed by atoms with Gasteiger partial charge in [0.2, 0.25) is 12.7 Å². The molecule has 3 aromatic rings. The van der Waals surface area contributed by atoms with Crippen molar-refractivity contribution >= 4 is 23.5 Å². The number of nitrogens with one attached hydrogen (secondary N) is 1. The summed E-state index contributed by atoms with van der Waals surface area (Å²) in [6, 6.07) is 12.5. The Morgan fingerprint density at radius 3 is 2.51 bits per heavy atom. The number of carbonyl (C=O) groups is 2. The Hall–Kier alpha value is -3.78. The Morgan fingerprint density at radius 2 is 1.81 bits per heavy atom. The Labute approximate surface area is 219 Å². The third-order valence-corrected chi connectivity index (χ3v) is 6.66. The second-order valence-electron chi connectivity index (χ2n) is 9.48. The quantitative estimate of drug-likeness (QED) is 0.421. The van der Waals surface area contributed by atoms with Crippen LogP contribution < -0.4 is 20.3 Å². The van der Waals surface area contributed by atoms with Gasteiger partial charge in [-0.2, -0.15) is 0 Å². The molecule has 194 valence electrons. The normalized spacial score (nSPS) is 13.9. The average molecular weight is 525 g/mol. The minimum Gasteiger partial charge on any atom is -0.481 e. The predicted octanol–water partition coefficient (Wildman–Crippen LogP) is 4.66. The van der Waals surface area contributed by atoms with E-state index >= 15 is 0 Å². The van der Waals surface area contributed by atoms with Crippen molar-refractivity contribution in [3.8, 4) is 11.5 Å². The molecule has 2 aromatic carbocycles. The van der Waals surface area contributed by atoms with E-state index in [4.69, 9.17) is 21.1 Å². The van der Waals surface area contributed by atoms with E-state index in [0.29, 0.717) is 34.1 Å². The summed E-state index contributed by atoms with van der Waals surface area (Å²) in [4.78, 5) is 38.8. The standard InChI is InChI=1S/C28H29ClN2O6/c1-16(2)26(31-14-17(3)10-20(28(31)35)11-18-6-4-5-7-21(18)29)27(34)30-22(13-25(32)33)19-8-9-23-24(12-19)37-15-36-23/h4-10,12,14,16,22,26H,11,13,15H2,1-3H3,(H,30,34)(H,32,33)/t22-,26-/m0/s1. The molecule has 0 saturated carbocycles. The van der Waals surface area contributed by atoms with Gasteiger partial charge in [0.05, 0.1) is 12.5 Å². The van der Waals surface area contributed by atoms with Gasteiger partial charge in [-0.25, -0.2) is 0 Å². The molecule has 2 atom stereocenters. The van der Waals surface area contributed by atoms with Gasteiger partial charge in [0.25, 0.3) is 5.56 Å². The highest BCUT2D eigenvalue weighted by molar-refractivity contribution is 6.31. The number of fused-ring (bicyclic) bond motifs is 1. The fourth-order valence-electron chi connectivity index (χ4n) is 4.56. The number of carboxylic acids is 1. The zero-order valence-electron chi connectivity index (χ0n) is 20.9. The Bertz CT molecular complexity index is 1380. The fourth-order valence-corrected chi connectivity index (χ4v) is 4.76. The topological polar surface area (TPSA) is 107 Å². The molecule has 1 aliphatic rings. The van der Waals surface area contributed by atoms with Gasteiger partial charge in [-0.3, -0.25) is 14.4 Å². The number of aliphatic carboxylic acids is 1. The van der Waals surface area contributed by atoms with Crippen molar-refractivity contribution in [1.82, 2.24) is 9.88 Å². The van der Waals surface area contributed by atoms with Gasteiger partial charge in [0.15, 0.2) is 11.5 Å². The van der Waals surface area contributed by atoms with Gasteiger partial charge in [-0.1, -0.05) is 49.7 Å². The second kappa shape index (κ2) is 11.1. The second-order valence-corrected chi connectivity index (χ2v) is 9.89. The molecule has 1 amide bonds. The molecule has 1 aliphatic heterocycles. The molecule has 0 unspecified atom stereocenters. The van der Waals surface area contributed by atoms with E-state index in [1.54, 1.807) is 36.5 Å². The van der Waals surface area contributed by atoms with Crippen LogP contribution in [0, 0.1) is 12.8 Å². The Kier molecular flexibility index (Phi) is 7.88. The summed E-state index contributed by atoms with van der Waals surface area (Å²) in [5.74, 6) is -0.729. The molecule has 0 spiro atoms. The summed E-state index contributed by atoms with van der Waals surface area (Å²) in [5.41, 5.74) is 2.42. The van der Waals surface area contributed by atoms with Crippen molar-refractivity contribution in [2.45, 2.75) is 45.7 Å². The van der Waals surface area contributed by atoms with Gasteiger partial charge < -0.3 is 24.5 Å². The van der Waals surface area contributed by atoms with Gasteiger partial charge in [0, 0.05) is 23.2 Å². The molecule has 2 N–H and O–H groups in total. The van der Waals surface area contributed by atoms with Crippen LogP contribution in [0.15, 0.2) is 59.5 Å². The van der Waals surface area contributed by atoms with Crippen LogP contribution in [0.2, 0.25) is 5.02 Å². The summed E-state index contributed by atoms with van der Waals surface area (Å²) in [5, 5.41) is 12.9. The van der Waals surface area contributed by atoms with Gasteiger partial charge in [-0.15, -0.1) is 0 Å². The van der Waals surface area contributed by atoms with Crippen LogP contribution in [0.3, 0.4) is 0 Å². The van der Waals surface area contributed by atoms with Crippen LogP contribution in [0.4, 0.5) is 0 Å². The minimum atomic E-state index is -1.07. The molecular weight excluding hydrogens is 496 g/mol. The van der Waals surface area contributed by atoms with Gasteiger partial charge in [0.1, 0.15) is 6.04 Å². The first-order valence-electron chi connectivity index (χ1n) is 12.0. The van der Waals surface area contributed by atoms with Crippen molar-refractivity contribution < 1.29 is 24.2 Å². The van der Waals surface area contributed by atoms with Crippen molar-refractivity contribution in [2.24, 2.45) is 5.92 Å². The average Bonchev–Trinajstić information content (AvgIpc) is 3.30. The third-order valence-electron chi connectivity index (χ3n) is 6.29. The molecule has 4 rings (SSSR count). The lowest BCUT2D eigenvalue weighted by molar-refractivity contribution is -0.138. The maximum absolute atomic E-state index is 13.6. The Balaban J connectivity index is 1.66. The van der Waals surface area contributed by atoms with Crippen LogP contribution in [-0.2, 0) is 16.0 Å². The molecule has 9 heteroatoms. The molecule has 0 aliphatic carbocycles. The summed E-state index contributed by atoms with van der Waals surface area (Å²) in [6.45, 7) is 5.64. The number of benzene rings is 2. The van der Waals surface area contributed by atoms with E-state index in [9.17, 15) is 19.5 Å². The molecule has 0 fully saturated rings. The maximum Gasteiger partial charge on any atom is 0.305 e. The number of aryl methyl sites for hydroxylation is 1. The monoisotopic (exact) mass is 524 g/mol. The molecular formula is C28H29ClN2O6. The van der Waals surface area contributed by atoms with E-state index in [1.165, 1.54) is 4.57 Å². The van der Waals surface area contributed by atoms with Crippen LogP contribution in [0.25, 0.3) is 0 Å². The number of pyridine rings is 1. The number of carbonyl (C=O) groups excluding carboxylic acids is 1. The summed E-state index contributed by atoms with van der Waals surface area (Å²) < 4.78 is 12.2. The highest BCUT2D eigenvalue weighted by Crippen LogP contribution is 2.35. The maximum atomic E-state index is 13.6. The number of ether oxygens (including phenoxy) is 2. The zero-order chi connectivity index (χ0) is 26.7. The molecule has 0 saturated heterocycles. The van der Waals surface area contributed by atoms with E-state index in [0.717, 1.165) is 11.1 Å². The number of amides is 1. The number of hydrogen-bond donors (Lipinski definition) is 2. The molecule has 8 nitrogen and oxygen atoms in total. The highest BCUT2D eigenvalue weighted by atomic mass is 35.5. The van der Waals surface area contributed by atoms with Crippen LogP contribution in [0.1, 0.15) is 54.6 Å². The lowest BCUT2D eigenvalue weighted by Crippen LogP contribution is -2.42. The first-order chi connectivity index (χ1) is 17.6. The number of hydrogen-bond acceptors (Lipinski definition) is 5. The number of halogens is 1. The van der Waals surface area contributed by atoms with Gasteiger partial charge >= 0.3 is 5.97 Å². The largest absolute Gasteiger partial charge is 0.481 e. The SMILES string of the molecule is Cc1cc(Cc2ccccc2Cl)c(=O)n([C@H](C(=O)N[C@@H](CC(=O)O)c2ccc3c(c2)OCO3)C(C)C)c1. The molecule has 0 radical (unpaired) electrons. The van der Waals surface area contributed by atoms with E-state index < -0.39 is 24.0 Å². The number of rotatable bonds is 9. The lowest BCUT2D eigenvalue weighted by atomic mass is 9.98. The van der Waals surface area contributed by atoms with Crippen molar-refractivity contribution in [3.63, 3.8) is 0 Å². The summed E-state index contributed by atoms with van der Waals surface area (Å²) in [7, 11) is 0. The third kappa shape index (κ3) is 5.97. The molecule has 1 aromatic heterocycles. The van der Waals surface area contributed by atoms with Crippen molar-refractivity contribution in [3.05, 3.63) is 92.4 Å². The smallest absolute Gasteiger partial charge is 0.305 e. The first-order valence-corrected chi connectivity index (χ1v) is 12.4. The number of nitrogens with zero attached hydrogens (tertiary/aromatic N) is 1. The number of aromatic nitrogens is 1. The van der Waals surface area contributed by atoms with Crippen LogP contribution >= 0.6 is 11.6 Å². The van der Waals surface area contributed by atoms with Gasteiger partial charge in [-0.05, 0) is 53.8 Å². The van der Waals surface area contributed by atoms with Crippen LogP contribution in [-0.4, -0.2) is 28.3 Å². The van der Waals surface area contributed by atoms with Crippen LogP contribution in [0.5, 0.6) is 11.5 Å². The van der Waals surface area contributed by atoms with E-state index in [1.807, 2.05) is 39.0 Å².